The predicted octanol–water partition coefficient (Wildman–Crippen LogP) is 1.95. The number of aliphatic hydroxyl groups is 1. The average molecular weight is 314 g/mol. The fourth-order valence-corrected chi connectivity index (χ4v) is 3.27. The Morgan fingerprint density at radius 1 is 1.48 bits per heavy atom. The zero-order valence-electron chi connectivity index (χ0n) is 13.5. The molecule has 1 amide bonds. The minimum absolute atomic E-state index is 0.0517. The maximum atomic E-state index is 12.9. The second-order valence-electron chi connectivity index (χ2n) is 6.22. The predicted molar refractivity (Wildman–Crippen MR) is 86.5 cm³/mol. The molecule has 0 spiro atoms. The van der Waals surface area contributed by atoms with Crippen LogP contribution in [0.2, 0.25) is 0 Å². The molecule has 0 aliphatic carbocycles. The topological polar surface area (TPSA) is 71.2 Å². The quantitative estimate of drug-likeness (QED) is 0.936. The summed E-state index contributed by atoms with van der Waals surface area (Å²) in [5.74, 6) is 0.0517. The molecule has 0 bridgehead atoms. The highest BCUT2D eigenvalue weighted by Gasteiger charge is 2.30. The first-order chi connectivity index (χ1) is 11.1. The number of hydrogen-bond acceptors (Lipinski definition) is 4. The van der Waals surface area contributed by atoms with Gasteiger partial charge in [-0.3, -0.25) is 4.79 Å². The van der Waals surface area contributed by atoms with Crippen molar-refractivity contribution in [3.63, 3.8) is 0 Å². The summed E-state index contributed by atoms with van der Waals surface area (Å²) in [6, 6.07) is 5.82. The zero-order valence-corrected chi connectivity index (χ0v) is 13.5. The number of benzene rings is 1. The monoisotopic (exact) mass is 314 g/mol. The van der Waals surface area contributed by atoms with Gasteiger partial charge in [0.25, 0.3) is 5.91 Å². The van der Waals surface area contributed by atoms with E-state index in [1.54, 1.807) is 17.9 Å². The van der Waals surface area contributed by atoms with E-state index in [1.807, 2.05) is 30.0 Å². The maximum absolute atomic E-state index is 12.9. The fourth-order valence-electron chi connectivity index (χ4n) is 3.27. The van der Waals surface area contributed by atoms with Gasteiger partial charge in [0.1, 0.15) is 12.7 Å². The van der Waals surface area contributed by atoms with Crippen LogP contribution in [0.25, 0.3) is 5.69 Å². The second kappa shape index (κ2) is 6.50. The molecule has 1 aromatic carbocycles. The van der Waals surface area contributed by atoms with Gasteiger partial charge in [-0.2, -0.15) is 5.10 Å². The van der Waals surface area contributed by atoms with Crippen molar-refractivity contribution in [2.75, 3.05) is 6.54 Å². The van der Waals surface area contributed by atoms with E-state index in [1.165, 1.54) is 6.33 Å². The Kier molecular flexibility index (Phi) is 4.43. The van der Waals surface area contributed by atoms with Crippen molar-refractivity contribution in [2.24, 2.45) is 0 Å². The summed E-state index contributed by atoms with van der Waals surface area (Å²) in [6.45, 7) is 4.48. The third-order valence-corrected chi connectivity index (χ3v) is 4.37. The number of amides is 1. The Bertz CT molecular complexity index is 682. The number of aromatic nitrogens is 3. The van der Waals surface area contributed by atoms with E-state index in [-0.39, 0.29) is 18.1 Å². The first kappa shape index (κ1) is 15.7. The molecule has 2 heterocycles. The minimum Gasteiger partial charge on any atom is -0.393 e. The number of carbonyl (C=O) groups is 1. The molecular formula is C17H22N4O2. The van der Waals surface area contributed by atoms with Crippen LogP contribution in [0.3, 0.4) is 0 Å². The Hall–Kier alpha value is -2.21. The molecule has 2 atom stereocenters. The van der Waals surface area contributed by atoms with Crippen LogP contribution in [0.5, 0.6) is 0 Å². The number of likely N-dealkylation sites (tertiary alicyclic amines) is 1. The van der Waals surface area contributed by atoms with Crippen molar-refractivity contribution in [3.8, 4) is 5.69 Å². The Morgan fingerprint density at radius 2 is 2.30 bits per heavy atom. The summed E-state index contributed by atoms with van der Waals surface area (Å²) >= 11 is 0. The molecule has 122 valence electrons. The number of rotatable bonds is 4. The molecule has 6 nitrogen and oxygen atoms in total. The lowest BCUT2D eigenvalue weighted by atomic mass is 10.0. The molecule has 1 saturated heterocycles. The number of hydrogen-bond donors (Lipinski definition) is 1. The highest BCUT2D eigenvalue weighted by atomic mass is 16.3. The van der Waals surface area contributed by atoms with Crippen molar-refractivity contribution in [3.05, 3.63) is 42.0 Å². The van der Waals surface area contributed by atoms with E-state index < -0.39 is 0 Å². The summed E-state index contributed by atoms with van der Waals surface area (Å²) < 4.78 is 1.67. The van der Waals surface area contributed by atoms with Gasteiger partial charge >= 0.3 is 0 Å². The fraction of sp³-hybridized carbons (Fsp3) is 0.471. The van der Waals surface area contributed by atoms with Crippen molar-refractivity contribution in [1.29, 1.82) is 0 Å². The van der Waals surface area contributed by atoms with Crippen molar-refractivity contribution >= 4 is 5.91 Å². The van der Waals surface area contributed by atoms with E-state index in [2.05, 4.69) is 10.1 Å². The first-order valence-corrected chi connectivity index (χ1v) is 8.01. The lowest BCUT2D eigenvalue weighted by molar-refractivity contribution is 0.0681. The lowest BCUT2D eigenvalue weighted by Crippen LogP contribution is -2.37. The van der Waals surface area contributed by atoms with Crippen molar-refractivity contribution in [2.45, 2.75) is 45.3 Å². The molecule has 1 aromatic heterocycles. The third kappa shape index (κ3) is 3.27. The van der Waals surface area contributed by atoms with Gasteiger partial charge in [0, 0.05) is 18.2 Å². The zero-order chi connectivity index (χ0) is 16.4. The summed E-state index contributed by atoms with van der Waals surface area (Å²) in [4.78, 5) is 18.7. The number of aliphatic hydroxyl groups excluding tert-OH is 1. The summed E-state index contributed by atoms with van der Waals surface area (Å²) in [7, 11) is 0. The highest BCUT2D eigenvalue weighted by Crippen LogP contribution is 2.25. The van der Waals surface area contributed by atoms with Gasteiger partial charge in [0.2, 0.25) is 0 Å². The van der Waals surface area contributed by atoms with Crippen LogP contribution in [0.1, 0.15) is 42.1 Å². The smallest absolute Gasteiger partial charge is 0.254 e. The molecule has 0 saturated carbocycles. The normalized spacial score (nSPS) is 19.1. The molecule has 23 heavy (non-hydrogen) atoms. The standard InChI is InChI=1S/C17H22N4O2/c1-12-8-15(21-11-18-10-19-21)5-6-16(12)17(23)20-7-3-4-14(20)9-13(2)22/h5-6,8,10-11,13-14,22H,3-4,7,9H2,1-2H3. The van der Waals surface area contributed by atoms with Crippen LogP contribution in [0.15, 0.2) is 30.9 Å². The van der Waals surface area contributed by atoms with Gasteiger partial charge < -0.3 is 10.0 Å². The largest absolute Gasteiger partial charge is 0.393 e. The average Bonchev–Trinajstić information content (AvgIpc) is 3.17. The van der Waals surface area contributed by atoms with Gasteiger partial charge in [0.05, 0.1) is 11.8 Å². The molecule has 1 aliphatic heterocycles. The van der Waals surface area contributed by atoms with Crippen LogP contribution in [0, 0.1) is 6.92 Å². The first-order valence-electron chi connectivity index (χ1n) is 8.01. The lowest BCUT2D eigenvalue weighted by Gasteiger charge is -2.26. The van der Waals surface area contributed by atoms with Gasteiger partial charge in [-0.1, -0.05) is 0 Å². The molecule has 1 aliphatic rings. The SMILES string of the molecule is Cc1cc(-n2cncn2)ccc1C(=O)N1CCCC1CC(C)O. The van der Waals surface area contributed by atoms with Crippen LogP contribution >= 0.6 is 0 Å². The van der Waals surface area contributed by atoms with Crippen LogP contribution < -0.4 is 0 Å². The number of aryl methyl sites for hydroxylation is 1. The van der Waals surface area contributed by atoms with Gasteiger partial charge in [0.15, 0.2) is 0 Å². The Balaban J connectivity index is 1.82. The molecule has 1 N–H and O–H groups in total. The number of carbonyl (C=O) groups excluding carboxylic acids is 1. The number of nitrogens with zero attached hydrogens (tertiary/aromatic N) is 4. The van der Waals surface area contributed by atoms with E-state index in [0.717, 1.165) is 30.6 Å². The molecule has 3 rings (SSSR count). The van der Waals surface area contributed by atoms with E-state index in [9.17, 15) is 9.90 Å². The minimum atomic E-state index is -0.385. The molecular weight excluding hydrogens is 292 g/mol. The van der Waals surface area contributed by atoms with Crippen LogP contribution in [-0.2, 0) is 0 Å². The molecule has 2 unspecified atom stereocenters. The molecule has 1 fully saturated rings. The second-order valence-corrected chi connectivity index (χ2v) is 6.22. The molecule has 6 heteroatoms. The maximum Gasteiger partial charge on any atom is 0.254 e. The van der Waals surface area contributed by atoms with E-state index in [0.29, 0.717) is 12.0 Å². The third-order valence-electron chi connectivity index (χ3n) is 4.37. The molecule has 2 aromatic rings. The highest BCUT2D eigenvalue weighted by molar-refractivity contribution is 5.96. The Morgan fingerprint density at radius 3 is 2.96 bits per heavy atom. The van der Waals surface area contributed by atoms with Gasteiger partial charge in [-0.15, -0.1) is 0 Å². The van der Waals surface area contributed by atoms with Crippen molar-refractivity contribution in [1.82, 2.24) is 19.7 Å². The van der Waals surface area contributed by atoms with Gasteiger partial charge in [-0.05, 0) is 56.9 Å². The summed E-state index contributed by atoms with van der Waals surface area (Å²) in [5.41, 5.74) is 2.52. The van der Waals surface area contributed by atoms with Crippen molar-refractivity contribution < 1.29 is 9.90 Å². The van der Waals surface area contributed by atoms with E-state index >= 15 is 0 Å². The van der Waals surface area contributed by atoms with Crippen LogP contribution in [-0.4, -0.2) is 49.4 Å². The van der Waals surface area contributed by atoms with Gasteiger partial charge in [-0.25, -0.2) is 9.67 Å². The summed E-state index contributed by atoms with van der Waals surface area (Å²) in [6.07, 6.45) is 5.34. The van der Waals surface area contributed by atoms with E-state index in [4.69, 9.17) is 0 Å². The summed E-state index contributed by atoms with van der Waals surface area (Å²) in [5, 5.41) is 13.7. The van der Waals surface area contributed by atoms with Crippen LogP contribution in [0.4, 0.5) is 0 Å². The molecule has 0 radical (unpaired) electrons. The Labute approximate surface area is 135 Å².